The van der Waals surface area contributed by atoms with E-state index >= 15 is 0 Å². The monoisotopic (exact) mass is 339 g/mol. The Kier molecular flexibility index (Phi) is 5.57. The standard InChI is InChI=1S/C15H15Cl2N3O2/c1-2-3-8-18-14(21)10-6-4-5-7-12(10)20-15(22)13(17)11(16)9-19-20/h4-7,9H,2-3,8H2,1H3,(H,18,21). The average Bonchev–Trinajstić information content (AvgIpc) is 2.53. The van der Waals surface area contributed by atoms with Crippen molar-refractivity contribution in [2.75, 3.05) is 6.54 Å². The molecular weight excluding hydrogens is 325 g/mol. The van der Waals surface area contributed by atoms with Crippen molar-refractivity contribution in [2.24, 2.45) is 0 Å². The molecule has 116 valence electrons. The lowest BCUT2D eigenvalue weighted by molar-refractivity contribution is 0.0953. The molecule has 0 saturated carbocycles. The first kappa shape index (κ1) is 16.5. The maximum Gasteiger partial charge on any atom is 0.291 e. The van der Waals surface area contributed by atoms with Crippen molar-refractivity contribution < 1.29 is 4.79 Å². The van der Waals surface area contributed by atoms with Gasteiger partial charge in [-0.2, -0.15) is 9.78 Å². The van der Waals surface area contributed by atoms with Crippen molar-refractivity contribution in [2.45, 2.75) is 19.8 Å². The summed E-state index contributed by atoms with van der Waals surface area (Å²) in [5, 5.41) is 6.72. The summed E-state index contributed by atoms with van der Waals surface area (Å²) in [7, 11) is 0. The van der Waals surface area contributed by atoms with Crippen LogP contribution in [0.1, 0.15) is 30.1 Å². The molecule has 1 aromatic heterocycles. The van der Waals surface area contributed by atoms with Crippen LogP contribution in [-0.2, 0) is 0 Å². The Labute approximate surface area is 137 Å². The number of rotatable bonds is 5. The first-order chi connectivity index (χ1) is 10.6. The molecule has 1 aromatic carbocycles. The molecule has 1 N–H and O–H groups in total. The molecule has 2 aromatic rings. The molecule has 0 bridgehead atoms. The number of nitrogens with zero attached hydrogens (tertiary/aromatic N) is 2. The normalized spacial score (nSPS) is 10.5. The number of para-hydroxylation sites is 1. The quantitative estimate of drug-likeness (QED) is 0.851. The van der Waals surface area contributed by atoms with Gasteiger partial charge in [0, 0.05) is 6.54 Å². The van der Waals surface area contributed by atoms with E-state index in [-0.39, 0.29) is 16.0 Å². The second-order valence-corrected chi connectivity index (χ2v) is 5.44. The van der Waals surface area contributed by atoms with Crippen LogP contribution in [0.3, 0.4) is 0 Å². The second kappa shape index (κ2) is 7.42. The molecule has 2 rings (SSSR count). The fourth-order valence-corrected chi connectivity index (χ4v) is 2.16. The summed E-state index contributed by atoms with van der Waals surface area (Å²) in [5.41, 5.74) is 0.148. The molecule has 0 aliphatic rings. The molecule has 0 saturated heterocycles. The van der Waals surface area contributed by atoms with Crippen molar-refractivity contribution in [1.29, 1.82) is 0 Å². The molecule has 0 spiro atoms. The predicted molar refractivity (Wildman–Crippen MR) is 87.1 cm³/mol. The summed E-state index contributed by atoms with van der Waals surface area (Å²) in [4.78, 5) is 24.4. The largest absolute Gasteiger partial charge is 0.352 e. The minimum atomic E-state index is -0.567. The Morgan fingerprint density at radius 2 is 2.05 bits per heavy atom. The number of hydrogen-bond donors (Lipinski definition) is 1. The van der Waals surface area contributed by atoms with Crippen molar-refractivity contribution in [3.8, 4) is 5.69 Å². The number of nitrogens with one attached hydrogen (secondary N) is 1. The molecule has 0 atom stereocenters. The highest BCUT2D eigenvalue weighted by Gasteiger charge is 2.16. The van der Waals surface area contributed by atoms with Gasteiger partial charge in [0.15, 0.2) is 0 Å². The summed E-state index contributed by atoms with van der Waals surface area (Å²) < 4.78 is 1.07. The number of amides is 1. The zero-order chi connectivity index (χ0) is 16.1. The van der Waals surface area contributed by atoms with E-state index in [1.807, 2.05) is 6.92 Å². The Balaban J connectivity index is 2.43. The first-order valence-electron chi connectivity index (χ1n) is 6.87. The SMILES string of the molecule is CCCCNC(=O)c1ccccc1-n1ncc(Cl)c(Cl)c1=O. The molecule has 7 heteroatoms. The molecule has 0 radical (unpaired) electrons. The zero-order valence-corrected chi connectivity index (χ0v) is 13.5. The lowest BCUT2D eigenvalue weighted by Crippen LogP contribution is -2.28. The Morgan fingerprint density at radius 3 is 2.77 bits per heavy atom. The third-order valence-electron chi connectivity index (χ3n) is 3.07. The number of carbonyl (C=O) groups excluding carboxylic acids is 1. The van der Waals surface area contributed by atoms with E-state index in [4.69, 9.17) is 23.2 Å². The maximum atomic E-state index is 12.3. The summed E-state index contributed by atoms with van der Waals surface area (Å²) in [6.07, 6.45) is 3.14. The lowest BCUT2D eigenvalue weighted by atomic mass is 10.1. The molecule has 22 heavy (non-hydrogen) atoms. The van der Waals surface area contributed by atoms with Gasteiger partial charge >= 0.3 is 0 Å². The highest BCUT2D eigenvalue weighted by molar-refractivity contribution is 6.41. The van der Waals surface area contributed by atoms with Crippen LogP contribution < -0.4 is 10.9 Å². The average molecular weight is 340 g/mol. The summed E-state index contributed by atoms with van der Waals surface area (Å²) in [6, 6.07) is 6.70. The number of halogens is 2. The van der Waals surface area contributed by atoms with Gasteiger partial charge in [-0.3, -0.25) is 9.59 Å². The van der Waals surface area contributed by atoms with Crippen LogP contribution in [0.2, 0.25) is 10.0 Å². The van der Waals surface area contributed by atoms with Crippen LogP contribution in [0.4, 0.5) is 0 Å². The fraction of sp³-hybridized carbons (Fsp3) is 0.267. The van der Waals surface area contributed by atoms with E-state index in [1.165, 1.54) is 6.20 Å². The van der Waals surface area contributed by atoms with Gasteiger partial charge in [-0.25, -0.2) is 0 Å². The highest BCUT2D eigenvalue weighted by atomic mass is 35.5. The zero-order valence-electron chi connectivity index (χ0n) is 12.0. The van der Waals surface area contributed by atoms with Crippen LogP contribution in [-0.4, -0.2) is 22.2 Å². The van der Waals surface area contributed by atoms with E-state index in [0.29, 0.717) is 17.8 Å². The molecule has 0 unspecified atom stereocenters. The smallest absolute Gasteiger partial charge is 0.291 e. The van der Waals surface area contributed by atoms with Gasteiger partial charge in [0.25, 0.3) is 11.5 Å². The Morgan fingerprint density at radius 1 is 1.32 bits per heavy atom. The van der Waals surface area contributed by atoms with Gasteiger partial charge in [0.05, 0.1) is 22.5 Å². The number of unbranched alkanes of at least 4 members (excludes halogenated alkanes) is 1. The van der Waals surface area contributed by atoms with Gasteiger partial charge < -0.3 is 5.32 Å². The molecule has 1 heterocycles. The van der Waals surface area contributed by atoms with Crippen molar-refractivity contribution in [1.82, 2.24) is 15.1 Å². The van der Waals surface area contributed by atoms with Gasteiger partial charge in [-0.15, -0.1) is 0 Å². The Hall–Kier alpha value is -1.85. The maximum absolute atomic E-state index is 12.3. The highest BCUT2D eigenvalue weighted by Crippen LogP contribution is 2.18. The molecule has 0 aliphatic carbocycles. The third kappa shape index (κ3) is 3.48. The van der Waals surface area contributed by atoms with E-state index in [9.17, 15) is 9.59 Å². The van der Waals surface area contributed by atoms with E-state index in [0.717, 1.165) is 17.5 Å². The van der Waals surface area contributed by atoms with Crippen LogP contribution in [0, 0.1) is 0 Å². The molecule has 0 fully saturated rings. The van der Waals surface area contributed by atoms with Gasteiger partial charge in [0.1, 0.15) is 5.02 Å². The van der Waals surface area contributed by atoms with Crippen molar-refractivity contribution in [3.05, 3.63) is 56.4 Å². The third-order valence-corrected chi connectivity index (χ3v) is 3.82. The minimum absolute atomic E-state index is 0.0767. The van der Waals surface area contributed by atoms with Crippen LogP contribution >= 0.6 is 23.2 Å². The van der Waals surface area contributed by atoms with E-state index in [1.54, 1.807) is 24.3 Å². The molecular formula is C15H15Cl2N3O2. The van der Waals surface area contributed by atoms with E-state index < -0.39 is 5.56 Å². The number of benzene rings is 1. The lowest BCUT2D eigenvalue weighted by Gasteiger charge is -2.11. The van der Waals surface area contributed by atoms with Gasteiger partial charge in [0.2, 0.25) is 0 Å². The second-order valence-electron chi connectivity index (χ2n) is 4.65. The van der Waals surface area contributed by atoms with E-state index in [2.05, 4.69) is 10.4 Å². The Bertz CT molecular complexity index is 744. The molecule has 0 aliphatic heterocycles. The number of hydrogen-bond acceptors (Lipinski definition) is 3. The summed E-state index contributed by atoms with van der Waals surface area (Å²) in [5.74, 6) is -0.260. The minimum Gasteiger partial charge on any atom is -0.352 e. The van der Waals surface area contributed by atoms with Gasteiger partial charge in [-0.05, 0) is 18.6 Å². The van der Waals surface area contributed by atoms with Crippen molar-refractivity contribution in [3.63, 3.8) is 0 Å². The van der Waals surface area contributed by atoms with Crippen LogP contribution in [0.25, 0.3) is 5.69 Å². The first-order valence-corrected chi connectivity index (χ1v) is 7.62. The number of aromatic nitrogens is 2. The summed E-state index contributed by atoms with van der Waals surface area (Å²) >= 11 is 11.6. The van der Waals surface area contributed by atoms with Crippen LogP contribution in [0.15, 0.2) is 35.3 Å². The molecule has 1 amide bonds. The van der Waals surface area contributed by atoms with Crippen LogP contribution in [0.5, 0.6) is 0 Å². The number of carbonyl (C=O) groups is 1. The van der Waals surface area contributed by atoms with Gasteiger partial charge in [-0.1, -0.05) is 48.7 Å². The topological polar surface area (TPSA) is 64.0 Å². The summed E-state index contributed by atoms with van der Waals surface area (Å²) in [6.45, 7) is 2.62. The predicted octanol–water partition coefficient (Wildman–Crippen LogP) is 3.07. The molecule has 5 nitrogen and oxygen atoms in total. The van der Waals surface area contributed by atoms with Crippen molar-refractivity contribution >= 4 is 29.1 Å². The fourth-order valence-electron chi connectivity index (χ4n) is 1.91.